The summed E-state index contributed by atoms with van der Waals surface area (Å²) >= 11 is 1.55. The first kappa shape index (κ1) is 23.7. The Hall–Kier alpha value is -2.93. The molecule has 7 heteroatoms. The zero-order chi connectivity index (χ0) is 23.3. The number of para-hydroxylation sites is 1. The number of hydrogen-bond acceptors (Lipinski definition) is 4. The van der Waals surface area contributed by atoms with Gasteiger partial charge in [0, 0.05) is 22.9 Å². The van der Waals surface area contributed by atoms with E-state index in [1.54, 1.807) is 20.9 Å². The van der Waals surface area contributed by atoms with E-state index in [4.69, 9.17) is 5.10 Å². The van der Waals surface area contributed by atoms with Crippen molar-refractivity contribution in [2.45, 2.75) is 46.5 Å². The number of rotatable bonds is 8. The zero-order valence-corrected chi connectivity index (χ0v) is 20.3. The molecule has 0 unspecified atom stereocenters. The van der Waals surface area contributed by atoms with Crippen molar-refractivity contribution in [3.05, 3.63) is 64.5 Å². The van der Waals surface area contributed by atoms with Crippen LogP contribution in [0.5, 0.6) is 0 Å². The summed E-state index contributed by atoms with van der Waals surface area (Å²) < 4.78 is 1.75. The minimum absolute atomic E-state index is 0.00715. The maximum Gasteiger partial charge on any atom is 0.245 e. The number of benzene rings is 1. The van der Waals surface area contributed by atoms with Crippen molar-refractivity contribution in [3.63, 3.8) is 0 Å². The van der Waals surface area contributed by atoms with Gasteiger partial charge in [-0.3, -0.25) is 9.59 Å². The number of carbonyl (C=O) groups excluding carboxylic acids is 2. The third-order valence-corrected chi connectivity index (χ3v) is 5.80. The van der Waals surface area contributed by atoms with Crippen LogP contribution < -0.4 is 5.32 Å². The molecule has 0 radical (unpaired) electrons. The summed E-state index contributed by atoms with van der Waals surface area (Å²) in [4.78, 5) is 28.6. The molecular formula is C25H32N4O2S. The number of nitrogens with zero attached hydrogens (tertiary/aromatic N) is 3. The van der Waals surface area contributed by atoms with Gasteiger partial charge in [-0.05, 0) is 29.5 Å². The third-order valence-electron chi connectivity index (χ3n) is 4.92. The number of amides is 2. The molecule has 2 heterocycles. The van der Waals surface area contributed by atoms with Crippen molar-refractivity contribution in [2.24, 2.45) is 5.92 Å². The fraction of sp³-hybridized carbons (Fsp3) is 0.400. The molecule has 0 aliphatic heterocycles. The highest BCUT2D eigenvalue weighted by Gasteiger charge is 2.23. The number of thiophene rings is 1. The molecule has 0 bridgehead atoms. The van der Waals surface area contributed by atoms with E-state index in [0.717, 1.165) is 16.3 Å². The molecule has 6 nitrogen and oxygen atoms in total. The average Bonchev–Trinajstić information content (AvgIpc) is 3.37. The largest absolute Gasteiger partial charge is 0.333 e. The molecule has 0 saturated heterocycles. The third kappa shape index (κ3) is 6.29. The molecular weight excluding hydrogens is 420 g/mol. The molecule has 1 N–H and O–H groups in total. The van der Waals surface area contributed by atoms with Crippen molar-refractivity contribution in [1.29, 1.82) is 0 Å². The molecule has 0 saturated carbocycles. The fourth-order valence-electron chi connectivity index (χ4n) is 3.33. The maximum atomic E-state index is 13.0. The van der Waals surface area contributed by atoms with Gasteiger partial charge in [0.1, 0.15) is 5.82 Å². The van der Waals surface area contributed by atoms with Gasteiger partial charge in [-0.15, -0.1) is 11.3 Å². The van der Waals surface area contributed by atoms with Gasteiger partial charge in [-0.25, -0.2) is 4.68 Å². The van der Waals surface area contributed by atoms with Crippen molar-refractivity contribution in [1.82, 2.24) is 14.7 Å². The van der Waals surface area contributed by atoms with E-state index in [2.05, 4.69) is 26.1 Å². The van der Waals surface area contributed by atoms with Crippen molar-refractivity contribution >= 4 is 29.0 Å². The Kier molecular flexibility index (Phi) is 7.51. The summed E-state index contributed by atoms with van der Waals surface area (Å²) in [5.74, 6) is 0.588. The van der Waals surface area contributed by atoms with Crippen molar-refractivity contribution < 1.29 is 9.59 Å². The van der Waals surface area contributed by atoms with Crippen LogP contribution in [-0.2, 0) is 21.4 Å². The van der Waals surface area contributed by atoms with E-state index in [1.165, 1.54) is 0 Å². The van der Waals surface area contributed by atoms with Crippen LogP contribution >= 0.6 is 11.3 Å². The number of aromatic nitrogens is 2. The van der Waals surface area contributed by atoms with Gasteiger partial charge in [0.25, 0.3) is 0 Å². The maximum absolute atomic E-state index is 13.0. The Balaban J connectivity index is 1.79. The lowest BCUT2D eigenvalue weighted by atomic mass is 9.92. The molecule has 0 aliphatic carbocycles. The first-order valence-corrected chi connectivity index (χ1v) is 11.8. The molecule has 0 atom stereocenters. The van der Waals surface area contributed by atoms with Crippen LogP contribution in [0.1, 0.15) is 45.2 Å². The second-order valence-electron chi connectivity index (χ2n) is 9.38. The molecule has 1 aromatic carbocycles. The van der Waals surface area contributed by atoms with Crippen LogP contribution in [0, 0.1) is 5.92 Å². The quantitative estimate of drug-likeness (QED) is 0.529. The van der Waals surface area contributed by atoms with Gasteiger partial charge in [-0.1, -0.05) is 58.9 Å². The molecule has 0 spiro atoms. The number of anilines is 1. The first-order chi connectivity index (χ1) is 15.1. The van der Waals surface area contributed by atoms with E-state index in [1.807, 2.05) is 67.8 Å². The highest BCUT2D eigenvalue weighted by atomic mass is 32.1. The molecule has 170 valence electrons. The van der Waals surface area contributed by atoms with Gasteiger partial charge in [0.2, 0.25) is 11.8 Å². The summed E-state index contributed by atoms with van der Waals surface area (Å²) in [7, 11) is 0. The van der Waals surface area contributed by atoms with Gasteiger partial charge >= 0.3 is 0 Å². The normalized spacial score (nSPS) is 11.6. The van der Waals surface area contributed by atoms with Crippen LogP contribution in [0.2, 0.25) is 0 Å². The Morgan fingerprint density at radius 1 is 1.12 bits per heavy atom. The van der Waals surface area contributed by atoms with Crippen LogP contribution in [0.3, 0.4) is 0 Å². The minimum Gasteiger partial charge on any atom is -0.333 e. The SMILES string of the molecule is CC(C)CN(CC(=O)Nc1cc(C(C)(C)C)nn1-c1ccccc1)C(=O)Cc1cccs1. The lowest BCUT2D eigenvalue weighted by Gasteiger charge is -2.24. The first-order valence-electron chi connectivity index (χ1n) is 10.9. The van der Waals surface area contributed by atoms with Gasteiger partial charge in [-0.2, -0.15) is 5.10 Å². The monoisotopic (exact) mass is 452 g/mol. The van der Waals surface area contributed by atoms with E-state index in [9.17, 15) is 9.59 Å². The Bertz CT molecular complexity index is 1030. The lowest BCUT2D eigenvalue weighted by Crippen LogP contribution is -2.41. The topological polar surface area (TPSA) is 67.2 Å². The Morgan fingerprint density at radius 2 is 1.84 bits per heavy atom. The molecule has 2 aromatic heterocycles. The molecule has 0 fully saturated rings. The summed E-state index contributed by atoms with van der Waals surface area (Å²) in [5.41, 5.74) is 1.58. The second kappa shape index (κ2) is 10.1. The van der Waals surface area contributed by atoms with E-state index >= 15 is 0 Å². The predicted octanol–water partition coefficient (Wildman–Crippen LogP) is 4.90. The predicted molar refractivity (Wildman–Crippen MR) is 130 cm³/mol. The minimum atomic E-state index is -0.234. The summed E-state index contributed by atoms with van der Waals surface area (Å²) in [6.07, 6.45) is 0.313. The molecule has 3 rings (SSSR count). The average molecular weight is 453 g/mol. The molecule has 0 aliphatic rings. The van der Waals surface area contributed by atoms with E-state index in [-0.39, 0.29) is 29.7 Å². The van der Waals surface area contributed by atoms with Crippen LogP contribution in [0.4, 0.5) is 5.82 Å². The van der Waals surface area contributed by atoms with Gasteiger partial charge < -0.3 is 10.2 Å². The van der Waals surface area contributed by atoms with E-state index < -0.39 is 0 Å². The van der Waals surface area contributed by atoms with Crippen LogP contribution in [0.25, 0.3) is 5.69 Å². The lowest BCUT2D eigenvalue weighted by molar-refractivity contribution is -0.134. The highest BCUT2D eigenvalue weighted by Crippen LogP contribution is 2.26. The fourth-order valence-corrected chi connectivity index (χ4v) is 4.02. The zero-order valence-electron chi connectivity index (χ0n) is 19.5. The standard InChI is InChI=1S/C25H32N4O2S/c1-18(2)16-28(24(31)14-20-12-9-13-32-20)17-23(30)26-22-15-21(25(3,4)5)27-29(22)19-10-7-6-8-11-19/h6-13,15,18H,14,16-17H2,1-5H3,(H,26,30). The molecule has 2 amide bonds. The Labute approximate surface area is 194 Å². The smallest absolute Gasteiger partial charge is 0.245 e. The molecule has 3 aromatic rings. The van der Waals surface area contributed by atoms with Gasteiger partial charge in [0.05, 0.1) is 24.3 Å². The van der Waals surface area contributed by atoms with Crippen LogP contribution in [0.15, 0.2) is 53.9 Å². The van der Waals surface area contributed by atoms with E-state index in [0.29, 0.717) is 18.8 Å². The van der Waals surface area contributed by atoms with Crippen LogP contribution in [-0.4, -0.2) is 39.6 Å². The summed E-state index contributed by atoms with van der Waals surface area (Å²) in [6.45, 7) is 10.9. The van der Waals surface area contributed by atoms with Crippen molar-refractivity contribution in [3.8, 4) is 5.69 Å². The Morgan fingerprint density at radius 3 is 2.44 bits per heavy atom. The summed E-state index contributed by atoms with van der Waals surface area (Å²) in [6, 6.07) is 15.5. The number of carbonyl (C=O) groups is 2. The second-order valence-corrected chi connectivity index (χ2v) is 10.4. The van der Waals surface area contributed by atoms with Gasteiger partial charge in [0.15, 0.2) is 0 Å². The number of nitrogens with one attached hydrogen (secondary N) is 1. The summed E-state index contributed by atoms with van der Waals surface area (Å²) in [5, 5.41) is 9.69. The molecule has 32 heavy (non-hydrogen) atoms. The van der Waals surface area contributed by atoms with Crippen molar-refractivity contribution in [2.75, 3.05) is 18.4 Å². The highest BCUT2D eigenvalue weighted by molar-refractivity contribution is 7.10. The number of hydrogen-bond donors (Lipinski definition) is 1.